The maximum absolute atomic E-state index is 13.4. The molecule has 3 aliphatic rings. The largest absolute Gasteiger partial charge is 0.493 e. The number of nitrogens with two attached hydrogens (primary N) is 3. The number of imide groups is 1. The van der Waals surface area contributed by atoms with E-state index in [2.05, 4.69) is 167 Å². The van der Waals surface area contributed by atoms with Crippen LogP contribution in [0.1, 0.15) is 162 Å². The quantitative estimate of drug-likeness (QED) is 0.0168. The first-order valence-corrected chi connectivity index (χ1v) is 48.3. The third-order valence-electron chi connectivity index (χ3n) is 22.8. The van der Waals surface area contributed by atoms with E-state index >= 15 is 0 Å². The van der Waals surface area contributed by atoms with E-state index in [0.717, 1.165) is 124 Å². The van der Waals surface area contributed by atoms with Crippen LogP contribution in [0.2, 0.25) is 0 Å². The molecule has 0 unspecified atom stereocenters. The van der Waals surface area contributed by atoms with Gasteiger partial charge in [0, 0.05) is 141 Å². The Bertz CT molecular complexity index is 6910. The molecule has 35 nitrogen and oxygen atoms in total. The number of carbonyl (C=O) groups is 5. The second-order valence-electron chi connectivity index (χ2n) is 41.5. The molecule has 5 amide bonds. The molecule has 17 rings (SSSR count). The fourth-order valence-electron chi connectivity index (χ4n) is 14.8. The highest BCUT2D eigenvalue weighted by Gasteiger charge is 2.55. The number of benzene rings is 11. The van der Waals surface area contributed by atoms with Crippen molar-refractivity contribution >= 4 is 137 Å². The number of likely N-dealkylation sites (N-methyl/N-ethyl adjacent to an activating group) is 1. The topological polar surface area (TPSA) is 481 Å². The summed E-state index contributed by atoms with van der Waals surface area (Å²) >= 11 is 0. The molecule has 6 heterocycles. The number of halogens is 2. The van der Waals surface area contributed by atoms with Crippen LogP contribution in [-0.2, 0) is 37.9 Å². The van der Waals surface area contributed by atoms with Crippen molar-refractivity contribution in [3.63, 3.8) is 0 Å². The number of aromatic amines is 3. The first-order chi connectivity index (χ1) is 70.4. The van der Waals surface area contributed by atoms with Crippen LogP contribution in [0.15, 0.2) is 234 Å². The summed E-state index contributed by atoms with van der Waals surface area (Å²) in [6, 6.07) is 60.0. The number of hydrogen-bond donors (Lipinski definition) is 15. The minimum atomic E-state index is -1.23. The lowest BCUT2D eigenvalue weighted by molar-refractivity contribution is -0.180. The number of anilines is 13. The lowest BCUT2D eigenvalue weighted by atomic mass is 9.96. The number of fused-ring (bicyclic) bond motifs is 6. The van der Waals surface area contributed by atoms with Gasteiger partial charge < -0.3 is 116 Å². The van der Waals surface area contributed by atoms with Crippen LogP contribution >= 0.6 is 0 Å². The van der Waals surface area contributed by atoms with Crippen molar-refractivity contribution in [1.82, 2.24) is 19.9 Å². The van der Waals surface area contributed by atoms with Gasteiger partial charge in [-0.3, -0.25) is 43.8 Å². The van der Waals surface area contributed by atoms with E-state index < -0.39 is 40.6 Å². The second kappa shape index (κ2) is 49.7. The Morgan fingerprint density at radius 2 is 0.752 bits per heavy atom. The van der Waals surface area contributed by atoms with Crippen molar-refractivity contribution in [1.29, 1.82) is 0 Å². The van der Waals surface area contributed by atoms with Gasteiger partial charge in [0.05, 0.1) is 117 Å². The Hall–Kier alpha value is -16.3. The highest BCUT2D eigenvalue weighted by Crippen LogP contribution is 2.47. The van der Waals surface area contributed by atoms with Crippen LogP contribution in [0.25, 0.3) is 33.3 Å². The van der Waals surface area contributed by atoms with E-state index in [1.54, 1.807) is 138 Å². The number of nitrogens with zero attached hydrogens (tertiary/aromatic N) is 2. The predicted octanol–water partition coefficient (Wildman–Crippen LogP) is 20.6. The fraction of sp³-hybridized carbons (Fsp3) is 0.339. The lowest BCUT2D eigenvalue weighted by Crippen LogP contribution is -2.39. The molecular weight excluding hydrogens is 1910 g/mol. The molecule has 792 valence electrons. The van der Waals surface area contributed by atoms with Gasteiger partial charge in [0.25, 0.3) is 35.3 Å². The summed E-state index contributed by atoms with van der Waals surface area (Å²) in [7, 11) is 9.64. The Balaban J connectivity index is 0.000000167. The number of methoxy groups -OCH3 is 5. The van der Waals surface area contributed by atoms with Gasteiger partial charge in [0.1, 0.15) is 0 Å². The number of nitrogens with one attached hydrogen (secondary N) is 12. The number of hydrogen-bond acceptors (Lipinski definition) is 28. The predicted molar refractivity (Wildman–Crippen MR) is 586 cm³/mol. The van der Waals surface area contributed by atoms with Crippen molar-refractivity contribution < 1.29 is 79.2 Å². The molecule has 1 spiro atoms. The minimum Gasteiger partial charge on any atom is -0.493 e. The molecule has 1 fully saturated rings. The average molecular weight is 2050 g/mol. The summed E-state index contributed by atoms with van der Waals surface area (Å²) in [5.41, 5.74) is 35.5. The molecule has 3 aromatic heterocycles. The smallest absolute Gasteiger partial charge is 0.417 e. The van der Waals surface area contributed by atoms with Gasteiger partial charge in [-0.05, 0) is 190 Å². The highest BCUT2D eigenvalue weighted by molar-refractivity contribution is 6.22. The number of rotatable bonds is 27. The SMILES string of the molecule is CC(C)(C)CNc1ccc2oc(=O)[nH]c2c1.CC(C)(C)CNc1ccc2oc(=O)[nH]c2c1.CC(C)(C)CNc1ccc2oc(=O)[nH]c2c1.CN1C(=O)C2(OCCO2)c2cc(NCC(C)(C)C)ccc21.COCCN1C(=O)c2ccc(NCC(C)(C)C)cc2C1=O.COc1ccc(NCc2ccc(C(=O)Nc3c(N)cccc3N)cc2)cc1OC.COc1ccc(NCc2ccc(C(=O)Nc3cc(F)c(F)cc3N)cc2)cc1OC. The molecule has 18 N–H and O–H groups in total. The Morgan fingerprint density at radius 3 is 1.15 bits per heavy atom. The standard InChI is InChI=1S/C22H21F2N3O3.C22H24N4O3.2C16H22N2O3.3C12H16N2O2/c1-29-20-8-7-15(9-21(20)30-2)26-12-13-3-5-14(6-4-13)22(28)27-19-11-17(24)16(23)10-18(19)25;1-28-19-11-10-16(12-20(19)29-2)25-13-14-6-8-15(9-7-14)22(27)26-21-17(23)4-3-5-18(21)24;1-15(2,3)10-17-11-5-6-13-12(9-11)16(14(19)18(13)4)20-7-8-21-16;1-16(2,3)10-17-11-5-6-12-13(9-11)15(20)18(14(12)19)7-8-21-4;3*1-12(2,3)7-13-8-4-5-10-9(6-8)14-11(15)16-10/h3-11,26H,12,25H2,1-2H3,(H,27,28);3-12,25H,13,23-24H2,1-2H3,(H,26,27);2*5-6,9,17H,7-8,10H2,1-4H3;3*4-6,13H,7H2,1-3H3,(H,14,15). The average Bonchev–Trinajstić information content (AvgIpc) is 1.57. The number of H-pyrrole nitrogens is 3. The van der Waals surface area contributed by atoms with Crippen molar-refractivity contribution in [3.8, 4) is 23.0 Å². The third-order valence-corrected chi connectivity index (χ3v) is 22.8. The molecule has 11 aromatic carbocycles. The number of ether oxygens (including phenoxy) is 7. The molecule has 14 aromatic rings. The number of amides is 5. The summed E-state index contributed by atoms with van der Waals surface area (Å²) in [6.45, 7) is 39.3. The van der Waals surface area contributed by atoms with Crippen molar-refractivity contribution in [2.24, 2.45) is 27.1 Å². The first-order valence-electron chi connectivity index (χ1n) is 48.3. The summed E-state index contributed by atoms with van der Waals surface area (Å²) in [5, 5.41) is 28.5. The van der Waals surface area contributed by atoms with Gasteiger partial charge in [0.15, 0.2) is 51.4 Å². The number of para-hydroxylation sites is 1. The van der Waals surface area contributed by atoms with Gasteiger partial charge >= 0.3 is 17.3 Å². The van der Waals surface area contributed by atoms with E-state index in [-0.39, 0.29) is 68.6 Å². The van der Waals surface area contributed by atoms with Gasteiger partial charge in [-0.15, -0.1) is 0 Å². The molecule has 0 bridgehead atoms. The molecule has 0 saturated carbocycles. The normalized spacial score (nSPS) is 12.8. The van der Waals surface area contributed by atoms with Gasteiger partial charge in [-0.1, -0.05) is 134 Å². The van der Waals surface area contributed by atoms with E-state index in [9.17, 15) is 47.1 Å². The van der Waals surface area contributed by atoms with Gasteiger partial charge in [0.2, 0.25) is 0 Å². The molecule has 0 radical (unpaired) electrons. The molecule has 149 heavy (non-hydrogen) atoms. The summed E-state index contributed by atoms with van der Waals surface area (Å²) < 4.78 is 78.6. The van der Waals surface area contributed by atoms with E-state index in [1.807, 2.05) is 103 Å². The molecule has 37 heteroatoms. The molecule has 3 aliphatic heterocycles. The van der Waals surface area contributed by atoms with Crippen LogP contribution in [0.4, 0.5) is 82.7 Å². The summed E-state index contributed by atoms with van der Waals surface area (Å²) in [6.07, 6.45) is 0. The Morgan fingerprint density at radius 1 is 0.396 bits per heavy atom. The van der Waals surface area contributed by atoms with E-state index in [4.69, 9.17) is 63.6 Å². The zero-order valence-corrected chi connectivity index (χ0v) is 88.1. The van der Waals surface area contributed by atoms with Crippen molar-refractivity contribution in [2.45, 2.75) is 123 Å². The van der Waals surface area contributed by atoms with Gasteiger partial charge in [-0.25, -0.2) is 23.2 Å². The molecule has 1 saturated heterocycles. The number of aromatic nitrogens is 3. The lowest BCUT2D eigenvalue weighted by Gasteiger charge is -2.22. The minimum absolute atomic E-state index is 0.0121. The second-order valence-corrected chi connectivity index (χ2v) is 41.5. The molecule has 0 atom stereocenters. The number of nitrogen functional groups attached to an aromatic ring is 3. The fourth-order valence-corrected chi connectivity index (χ4v) is 14.8. The number of oxazole rings is 3. The van der Waals surface area contributed by atoms with Crippen LogP contribution in [0.5, 0.6) is 23.0 Å². The van der Waals surface area contributed by atoms with E-state index in [1.165, 1.54) is 4.90 Å². The van der Waals surface area contributed by atoms with Crippen molar-refractivity contribution in [2.75, 3.05) is 172 Å². The van der Waals surface area contributed by atoms with Gasteiger partial charge in [-0.2, -0.15) is 0 Å². The maximum Gasteiger partial charge on any atom is 0.417 e. The van der Waals surface area contributed by atoms with Crippen LogP contribution in [0.3, 0.4) is 0 Å². The zero-order valence-electron chi connectivity index (χ0n) is 88.1. The Labute approximate surface area is 864 Å². The van der Waals surface area contributed by atoms with Crippen molar-refractivity contribution in [3.05, 3.63) is 288 Å². The summed E-state index contributed by atoms with van der Waals surface area (Å²) in [4.78, 5) is 105. The molecular formula is C112H137F2N17O18. The third kappa shape index (κ3) is 32.4. The van der Waals surface area contributed by atoms with Crippen LogP contribution < -0.4 is 106 Å². The molecule has 0 aliphatic carbocycles. The monoisotopic (exact) mass is 2050 g/mol. The Kier molecular flexibility index (Phi) is 37.7. The number of carbonyl (C=O) groups excluding carboxylic acids is 5. The van der Waals surface area contributed by atoms with Crippen LogP contribution in [-0.4, -0.2) is 151 Å². The zero-order chi connectivity index (χ0) is 109. The highest BCUT2D eigenvalue weighted by atomic mass is 19.2. The first kappa shape index (κ1) is 113. The summed E-state index contributed by atoms with van der Waals surface area (Å²) in [5.74, 6) is -3.43. The van der Waals surface area contributed by atoms with E-state index in [0.29, 0.717) is 112 Å². The maximum atomic E-state index is 13.4. The van der Waals surface area contributed by atoms with Crippen LogP contribution in [0, 0.1) is 38.7 Å².